The third kappa shape index (κ3) is 4.16. The lowest BCUT2D eigenvalue weighted by Gasteiger charge is -2.15. The van der Waals surface area contributed by atoms with Gasteiger partial charge in [0.15, 0.2) is 5.82 Å². The third-order valence-electron chi connectivity index (χ3n) is 6.92. The first-order valence-electron chi connectivity index (χ1n) is 12.5. The fourth-order valence-electron chi connectivity index (χ4n) is 5.00. The van der Waals surface area contributed by atoms with E-state index in [1.807, 2.05) is 12.1 Å². The summed E-state index contributed by atoms with van der Waals surface area (Å²) in [7, 11) is 0. The van der Waals surface area contributed by atoms with Gasteiger partial charge < -0.3 is 9.72 Å². The molecule has 11 heteroatoms. The van der Waals surface area contributed by atoms with E-state index in [2.05, 4.69) is 40.2 Å². The third-order valence-corrected chi connectivity index (χ3v) is 6.92. The molecule has 1 aliphatic rings. The van der Waals surface area contributed by atoms with Crippen LogP contribution in [0.25, 0.3) is 55.8 Å². The van der Waals surface area contributed by atoms with E-state index in [0.717, 1.165) is 47.3 Å². The van der Waals surface area contributed by atoms with E-state index >= 15 is 0 Å². The van der Waals surface area contributed by atoms with Crippen LogP contribution in [0.3, 0.4) is 0 Å². The Morgan fingerprint density at radius 2 is 1.89 bits per heavy atom. The van der Waals surface area contributed by atoms with Crippen molar-refractivity contribution < 1.29 is 9.13 Å². The summed E-state index contributed by atoms with van der Waals surface area (Å²) in [4.78, 5) is 19.4. The fraction of sp³-hybridized carbons (Fsp3) is 0.222. The van der Waals surface area contributed by atoms with Crippen molar-refractivity contribution >= 4 is 21.9 Å². The number of halogens is 1. The molecule has 6 heterocycles. The Hall–Kier alpha value is -4.64. The molecule has 0 atom stereocenters. The minimum absolute atomic E-state index is 0.371. The van der Waals surface area contributed by atoms with Crippen LogP contribution < -0.4 is 4.74 Å². The van der Waals surface area contributed by atoms with Crippen molar-refractivity contribution in [3.8, 4) is 39.7 Å². The van der Waals surface area contributed by atoms with Gasteiger partial charge in [-0.15, -0.1) is 0 Å². The number of rotatable bonds is 7. The molecular weight excluding hydrogens is 485 g/mol. The van der Waals surface area contributed by atoms with Gasteiger partial charge >= 0.3 is 0 Å². The maximum Gasteiger partial charge on any atom is 0.159 e. The smallest absolute Gasteiger partial charge is 0.159 e. The fourth-order valence-corrected chi connectivity index (χ4v) is 5.00. The summed E-state index contributed by atoms with van der Waals surface area (Å²) < 4.78 is 20.6. The molecule has 5 aromatic heterocycles. The molecule has 0 saturated carbocycles. The summed E-state index contributed by atoms with van der Waals surface area (Å²) in [6.45, 7) is 3.54. The topological polar surface area (TPSA) is 124 Å². The van der Waals surface area contributed by atoms with Crippen LogP contribution in [0.5, 0.6) is 5.75 Å². The highest BCUT2D eigenvalue weighted by Crippen LogP contribution is 2.33. The minimum atomic E-state index is -0.371. The molecule has 6 aromatic rings. The van der Waals surface area contributed by atoms with Gasteiger partial charge in [-0.2, -0.15) is 10.2 Å². The summed E-state index contributed by atoms with van der Waals surface area (Å²) in [5, 5.41) is 15.2. The zero-order chi connectivity index (χ0) is 25.5. The van der Waals surface area contributed by atoms with Gasteiger partial charge in [-0.05, 0) is 49.7 Å². The van der Waals surface area contributed by atoms with E-state index in [1.165, 1.54) is 25.0 Å². The van der Waals surface area contributed by atoms with Crippen LogP contribution in [0.2, 0.25) is 0 Å². The molecule has 0 bridgehead atoms. The van der Waals surface area contributed by atoms with Crippen LogP contribution in [0.1, 0.15) is 12.8 Å². The van der Waals surface area contributed by atoms with E-state index in [9.17, 15) is 4.39 Å². The lowest BCUT2D eigenvalue weighted by molar-refractivity contribution is 0.237. The second-order valence-electron chi connectivity index (χ2n) is 9.42. The number of benzene rings is 1. The first kappa shape index (κ1) is 22.5. The number of likely N-dealkylation sites (tertiary alicyclic amines) is 1. The van der Waals surface area contributed by atoms with Crippen molar-refractivity contribution in [2.45, 2.75) is 12.8 Å². The average Bonchev–Trinajstić information content (AvgIpc) is 3.73. The van der Waals surface area contributed by atoms with Crippen molar-refractivity contribution in [1.82, 2.24) is 45.2 Å². The number of hydrogen-bond acceptors (Lipinski definition) is 7. The average molecular weight is 510 g/mol. The SMILES string of the molecule is Fc1cc(OCCN2CCCC2)cc(-c2cncc3[nH]c(-c4n[nH]c5cnc(-c6cn[nH]c6)cc45)nc23)c1. The van der Waals surface area contributed by atoms with E-state index < -0.39 is 0 Å². The van der Waals surface area contributed by atoms with Gasteiger partial charge in [0.25, 0.3) is 0 Å². The molecule has 3 N–H and O–H groups in total. The second-order valence-corrected chi connectivity index (χ2v) is 9.42. The van der Waals surface area contributed by atoms with Gasteiger partial charge in [-0.25, -0.2) is 9.37 Å². The number of pyridine rings is 2. The highest BCUT2D eigenvalue weighted by molar-refractivity contribution is 5.97. The molecule has 10 nitrogen and oxygen atoms in total. The zero-order valence-electron chi connectivity index (χ0n) is 20.4. The first-order chi connectivity index (χ1) is 18.7. The van der Waals surface area contributed by atoms with Crippen LogP contribution in [0.15, 0.2) is 55.2 Å². The quantitative estimate of drug-likeness (QED) is 0.288. The van der Waals surface area contributed by atoms with Crippen LogP contribution in [0, 0.1) is 5.82 Å². The summed E-state index contributed by atoms with van der Waals surface area (Å²) in [5.41, 5.74) is 5.82. The van der Waals surface area contributed by atoms with Gasteiger partial charge in [0, 0.05) is 41.5 Å². The number of ether oxygens (including phenoxy) is 1. The first-order valence-corrected chi connectivity index (χ1v) is 12.5. The van der Waals surface area contributed by atoms with Crippen molar-refractivity contribution in [1.29, 1.82) is 0 Å². The largest absolute Gasteiger partial charge is 0.492 e. The number of imidazole rings is 1. The zero-order valence-corrected chi connectivity index (χ0v) is 20.4. The van der Waals surface area contributed by atoms with Crippen LogP contribution >= 0.6 is 0 Å². The van der Waals surface area contributed by atoms with Crippen molar-refractivity contribution in [3.05, 3.63) is 61.1 Å². The summed E-state index contributed by atoms with van der Waals surface area (Å²) >= 11 is 0. The number of nitrogens with zero attached hydrogens (tertiary/aromatic N) is 6. The molecule has 0 amide bonds. The molecule has 0 aliphatic carbocycles. The summed E-state index contributed by atoms with van der Waals surface area (Å²) in [6.07, 6.45) is 11.1. The standard InChI is InChI=1S/C27H24FN9O/c28-18-7-16(8-19(9-18)38-6-5-37-3-1-2-4-37)21-13-29-14-24-25(21)34-27(33-24)26-20-10-22(17-11-31-32-12-17)30-15-23(20)35-36-26/h7-15H,1-6H2,(H,31,32)(H,33,34)(H,35,36). The number of fused-ring (bicyclic) bond motifs is 2. The number of nitrogens with one attached hydrogen (secondary N) is 3. The molecule has 1 aliphatic heterocycles. The number of aromatic nitrogens is 8. The van der Waals surface area contributed by atoms with Gasteiger partial charge in [0.1, 0.15) is 23.9 Å². The molecule has 1 aromatic carbocycles. The molecule has 1 saturated heterocycles. The number of hydrogen-bond donors (Lipinski definition) is 3. The van der Waals surface area contributed by atoms with Gasteiger partial charge in [-0.1, -0.05) is 0 Å². The Labute approximate surface area is 216 Å². The lowest BCUT2D eigenvalue weighted by atomic mass is 10.1. The molecule has 38 heavy (non-hydrogen) atoms. The molecule has 190 valence electrons. The summed E-state index contributed by atoms with van der Waals surface area (Å²) in [6, 6.07) is 6.68. The maximum absolute atomic E-state index is 14.6. The summed E-state index contributed by atoms with van der Waals surface area (Å²) in [5.74, 6) is 0.692. The van der Waals surface area contributed by atoms with Crippen LogP contribution in [0.4, 0.5) is 4.39 Å². The predicted molar refractivity (Wildman–Crippen MR) is 141 cm³/mol. The van der Waals surface area contributed by atoms with Crippen molar-refractivity contribution in [3.63, 3.8) is 0 Å². The van der Waals surface area contributed by atoms with E-state index in [1.54, 1.807) is 31.0 Å². The van der Waals surface area contributed by atoms with Gasteiger partial charge in [0.05, 0.1) is 40.8 Å². The maximum atomic E-state index is 14.6. The van der Waals surface area contributed by atoms with Crippen LogP contribution in [-0.4, -0.2) is 71.5 Å². The molecule has 0 radical (unpaired) electrons. The van der Waals surface area contributed by atoms with Gasteiger partial charge in [0.2, 0.25) is 0 Å². The molecule has 7 rings (SSSR count). The van der Waals surface area contributed by atoms with Crippen molar-refractivity contribution in [2.24, 2.45) is 0 Å². The minimum Gasteiger partial charge on any atom is -0.492 e. The number of H-pyrrole nitrogens is 3. The Morgan fingerprint density at radius 3 is 2.76 bits per heavy atom. The lowest BCUT2D eigenvalue weighted by Crippen LogP contribution is -2.25. The molecule has 0 unspecified atom stereocenters. The highest BCUT2D eigenvalue weighted by Gasteiger charge is 2.18. The Morgan fingerprint density at radius 1 is 0.974 bits per heavy atom. The molecular formula is C27H24FN9O. The molecule has 1 fully saturated rings. The van der Waals surface area contributed by atoms with Crippen molar-refractivity contribution in [2.75, 3.05) is 26.2 Å². The number of aromatic amines is 3. The Bertz CT molecular complexity index is 1730. The monoisotopic (exact) mass is 509 g/mol. The molecule has 0 spiro atoms. The second kappa shape index (κ2) is 9.34. The Kier molecular flexibility index (Phi) is 5.54. The van der Waals surface area contributed by atoms with E-state index in [0.29, 0.717) is 40.5 Å². The van der Waals surface area contributed by atoms with Crippen LogP contribution in [-0.2, 0) is 0 Å². The highest BCUT2D eigenvalue weighted by atomic mass is 19.1. The van der Waals surface area contributed by atoms with E-state index in [-0.39, 0.29) is 5.82 Å². The normalized spacial score (nSPS) is 14.1. The Balaban J connectivity index is 1.23. The van der Waals surface area contributed by atoms with E-state index in [4.69, 9.17) is 9.72 Å². The predicted octanol–water partition coefficient (Wildman–Crippen LogP) is 4.57. The van der Waals surface area contributed by atoms with Gasteiger partial charge in [-0.3, -0.25) is 25.1 Å².